The molecule has 8 nitrogen and oxygen atoms in total. The highest BCUT2D eigenvalue weighted by atomic mass is 35.5. The number of anilines is 2. The lowest BCUT2D eigenvalue weighted by Crippen LogP contribution is -2.36. The smallest absolute Gasteiger partial charge is 0.414 e. The molecule has 2 aromatic rings. The second kappa shape index (κ2) is 8.95. The number of nitrogens with two attached hydrogens (primary N) is 1. The molecular weight excluding hydrogens is 426 g/mol. The number of cyclic esters (lactones) is 1. The maximum absolute atomic E-state index is 12.3. The van der Waals surface area contributed by atoms with Crippen LogP contribution >= 0.6 is 22.9 Å². The molecule has 30 heavy (non-hydrogen) atoms. The zero-order valence-corrected chi connectivity index (χ0v) is 17.7. The van der Waals surface area contributed by atoms with Gasteiger partial charge in [-0.15, -0.1) is 11.3 Å². The standard InChI is InChI=1S/C20H22ClN5O3S/c21-18-8-7-17(30-18)19(27)24-11-16-12-25(20(28)29-16)14-3-5-15(6-4-14)26(22)10-9-23-13-1-2-13/h1,3-8,16,23H,2,9-12,22H2,(H,24,27). The summed E-state index contributed by atoms with van der Waals surface area (Å²) in [6.45, 7) is 2.02. The first kappa shape index (κ1) is 20.5. The normalized spacial score (nSPS) is 17.4. The van der Waals surface area contributed by atoms with Crippen LogP contribution in [0.4, 0.5) is 16.2 Å². The monoisotopic (exact) mass is 447 g/mol. The molecule has 158 valence electrons. The second-order valence-corrected chi connectivity index (χ2v) is 8.72. The molecular formula is C20H22ClN5O3S. The Balaban J connectivity index is 1.27. The molecule has 1 aliphatic carbocycles. The van der Waals surface area contributed by atoms with Crippen molar-refractivity contribution in [1.82, 2.24) is 10.6 Å². The van der Waals surface area contributed by atoms with Gasteiger partial charge in [-0.1, -0.05) is 17.7 Å². The number of benzene rings is 1. The maximum Gasteiger partial charge on any atom is 0.414 e. The summed E-state index contributed by atoms with van der Waals surface area (Å²) in [6, 6.07) is 10.7. The van der Waals surface area contributed by atoms with E-state index in [1.165, 1.54) is 17.0 Å². The van der Waals surface area contributed by atoms with Crippen LogP contribution < -0.4 is 26.4 Å². The highest BCUT2D eigenvalue weighted by Gasteiger charge is 2.32. The van der Waals surface area contributed by atoms with Gasteiger partial charge < -0.3 is 20.4 Å². The van der Waals surface area contributed by atoms with E-state index in [0.717, 1.165) is 24.3 Å². The average molecular weight is 448 g/mol. The average Bonchev–Trinajstić information content (AvgIpc) is 3.34. The summed E-state index contributed by atoms with van der Waals surface area (Å²) >= 11 is 7.06. The quantitative estimate of drug-likeness (QED) is 0.403. The van der Waals surface area contributed by atoms with E-state index in [-0.39, 0.29) is 12.5 Å². The van der Waals surface area contributed by atoms with Gasteiger partial charge in [0.2, 0.25) is 0 Å². The Morgan fingerprint density at radius 2 is 2.07 bits per heavy atom. The lowest BCUT2D eigenvalue weighted by molar-refractivity contribution is 0.0920. The van der Waals surface area contributed by atoms with E-state index in [0.29, 0.717) is 22.3 Å². The third-order valence-electron chi connectivity index (χ3n) is 4.77. The Bertz CT molecular complexity index is 962. The van der Waals surface area contributed by atoms with Crippen LogP contribution in [-0.2, 0) is 4.74 Å². The van der Waals surface area contributed by atoms with Gasteiger partial charge in [0.15, 0.2) is 0 Å². The Hall–Kier alpha value is -2.75. The van der Waals surface area contributed by atoms with Crippen molar-refractivity contribution in [1.29, 1.82) is 0 Å². The molecule has 0 spiro atoms. The van der Waals surface area contributed by atoms with Crippen molar-refractivity contribution in [2.75, 3.05) is 36.1 Å². The SMILES string of the molecule is NN(CCNC1=CC1)c1ccc(N2CC(CNC(=O)c3ccc(Cl)s3)OC2=O)cc1. The van der Waals surface area contributed by atoms with Gasteiger partial charge in [0.1, 0.15) is 6.10 Å². The van der Waals surface area contributed by atoms with Crippen molar-refractivity contribution >= 4 is 46.3 Å². The van der Waals surface area contributed by atoms with E-state index < -0.39 is 12.2 Å². The van der Waals surface area contributed by atoms with Crippen molar-refractivity contribution in [3.8, 4) is 0 Å². The van der Waals surface area contributed by atoms with Crippen molar-refractivity contribution in [3.63, 3.8) is 0 Å². The van der Waals surface area contributed by atoms with Gasteiger partial charge in [0, 0.05) is 24.4 Å². The molecule has 0 radical (unpaired) electrons. The molecule has 1 fully saturated rings. The molecule has 1 saturated heterocycles. The fourth-order valence-corrected chi connectivity index (χ4v) is 4.01. The van der Waals surface area contributed by atoms with E-state index in [9.17, 15) is 9.59 Å². The Morgan fingerprint density at radius 1 is 1.30 bits per heavy atom. The molecule has 2 aliphatic rings. The number of allylic oxidation sites excluding steroid dienone is 2. The predicted octanol–water partition coefficient (Wildman–Crippen LogP) is 2.71. The fraction of sp³-hybridized carbons (Fsp3) is 0.300. The molecule has 4 rings (SSSR count). The van der Waals surface area contributed by atoms with Crippen molar-refractivity contribution in [3.05, 3.63) is 57.4 Å². The summed E-state index contributed by atoms with van der Waals surface area (Å²) in [5.41, 5.74) is 2.84. The number of thiophene rings is 1. The topological polar surface area (TPSA) is 99.9 Å². The van der Waals surface area contributed by atoms with Crippen LogP contribution in [0.1, 0.15) is 16.1 Å². The fourth-order valence-electron chi connectivity index (χ4n) is 3.05. The lowest BCUT2D eigenvalue weighted by atomic mass is 10.2. The number of hydrazine groups is 1. The molecule has 0 bridgehead atoms. The Kier molecular flexibility index (Phi) is 6.12. The van der Waals surface area contributed by atoms with E-state index in [1.54, 1.807) is 22.0 Å². The molecule has 2 amide bonds. The number of amides is 2. The van der Waals surface area contributed by atoms with E-state index in [2.05, 4.69) is 16.7 Å². The molecule has 4 N–H and O–H groups in total. The highest BCUT2D eigenvalue weighted by Crippen LogP contribution is 2.25. The number of ether oxygens (including phenoxy) is 1. The van der Waals surface area contributed by atoms with Gasteiger partial charge in [0.25, 0.3) is 5.91 Å². The second-order valence-electron chi connectivity index (χ2n) is 7.00. The molecule has 1 aromatic carbocycles. The summed E-state index contributed by atoms with van der Waals surface area (Å²) in [5.74, 6) is 5.86. The van der Waals surface area contributed by atoms with Crippen molar-refractivity contribution < 1.29 is 14.3 Å². The third-order valence-corrected chi connectivity index (χ3v) is 6.00. The Labute approximate surface area is 183 Å². The minimum Gasteiger partial charge on any atom is -0.442 e. The summed E-state index contributed by atoms with van der Waals surface area (Å²) in [7, 11) is 0. The van der Waals surface area contributed by atoms with Crippen LogP contribution in [0.2, 0.25) is 4.34 Å². The first-order valence-corrected chi connectivity index (χ1v) is 10.8. The molecule has 2 heterocycles. The van der Waals surface area contributed by atoms with E-state index >= 15 is 0 Å². The number of hydrogen-bond acceptors (Lipinski definition) is 7. The summed E-state index contributed by atoms with van der Waals surface area (Å²) in [4.78, 5) is 26.5. The largest absolute Gasteiger partial charge is 0.442 e. The zero-order valence-electron chi connectivity index (χ0n) is 16.1. The molecule has 10 heteroatoms. The van der Waals surface area contributed by atoms with Crippen LogP contribution in [0.25, 0.3) is 0 Å². The third kappa shape index (κ3) is 5.05. The van der Waals surface area contributed by atoms with Gasteiger partial charge in [-0.3, -0.25) is 9.69 Å². The van der Waals surface area contributed by atoms with Gasteiger partial charge in [-0.05, 0) is 36.4 Å². The lowest BCUT2D eigenvalue weighted by Gasteiger charge is -2.20. The minimum absolute atomic E-state index is 0.231. The molecule has 1 atom stereocenters. The molecule has 1 aromatic heterocycles. The highest BCUT2D eigenvalue weighted by molar-refractivity contribution is 7.18. The zero-order chi connectivity index (χ0) is 21.1. The number of carbonyl (C=O) groups is 2. The molecule has 1 unspecified atom stereocenters. The van der Waals surface area contributed by atoms with E-state index in [4.69, 9.17) is 22.2 Å². The number of nitrogens with zero attached hydrogens (tertiary/aromatic N) is 2. The van der Waals surface area contributed by atoms with Gasteiger partial charge in [0.05, 0.1) is 34.5 Å². The van der Waals surface area contributed by atoms with Gasteiger partial charge in [-0.25, -0.2) is 10.6 Å². The molecule has 1 aliphatic heterocycles. The Morgan fingerprint density at radius 3 is 2.73 bits per heavy atom. The summed E-state index contributed by atoms with van der Waals surface area (Å²) in [6.07, 6.45) is 2.30. The van der Waals surface area contributed by atoms with Crippen LogP contribution in [0.15, 0.2) is 48.2 Å². The van der Waals surface area contributed by atoms with Crippen molar-refractivity contribution in [2.24, 2.45) is 5.84 Å². The van der Waals surface area contributed by atoms with Gasteiger partial charge >= 0.3 is 6.09 Å². The maximum atomic E-state index is 12.3. The summed E-state index contributed by atoms with van der Waals surface area (Å²) in [5, 5.41) is 7.73. The van der Waals surface area contributed by atoms with Crippen LogP contribution in [0.3, 0.4) is 0 Å². The summed E-state index contributed by atoms with van der Waals surface area (Å²) < 4.78 is 5.93. The molecule has 0 saturated carbocycles. The van der Waals surface area contributed by atoms with Crippen LogP contribution in [0, 0.1) is 0 Å². The number of carbonyl (C=O) groups excluding carboxylic acids is 2. The van der Waals surface area contributed by atoms with Crippen molar-refractivity contribution in [2.45, 2.75) is 12.5 Å². The first-order chi connectivity index (χ1) is 14.5. The first-order valence-electron chi connectivity index (χ1n) is 9.56. The number of halogens is 1. The number of hydrogen-bond donors (Lipinski definition) is 3. The predicted molar refractivity (Wildman–Crippen MR) is 118 cm³/mol. The van der Waals surface area contributed by atoms with Crippen LogP contribution in [-0.4, -0.2) is 44.3 Å². The van der Waals surface area contributed by atoms with E-state index in [1.807, 2.05) is 24.3 Å². The van der Waals surface area contributed by atoms with Gasteiger partial charge in [-0.2, -0.15) is 0 Å². The number of rotatable bonds is 9. The van der Waals surface area contributed by atoms with Crippen LogP contribution in [0.5, 0.6) is 0 Å². The number of nitrogens with one attached hydrogen (secondary N) is 2. The minimum atomic E-state index is -0.437.